The van der Waals surface area contributed by atoms with Crippen LogP contribution in [0.4, 0.5) is 0 Å². The minimum atomic E-state index is 0.0305. The first-order chi connectivity index (χ1) is 9.28. The van der Waals surface area contributed by atoms with E-state index in [1.165, 1.54) is 11.1 Å². The van der Waals surface area contributed by atoms with Gasteiger partial charge in [-0.05, 0) is 37.5 Å². The van der Waals surface area contributed by atoms with Gasteiger partial charge in [-0.1, -0.05) is 48.0 Å². The van der Waals surface area contributed by atoms with Crippen LogP contribution in [0.2, 0.25) is 0 Å². The van der Waals surface area contributed by atoms with Crippen molar-refractivity contribution in [3.05, 3.63) is 65.7 Å². The molecule has 0 spiro atoms. The smallest absolute Gasteiger partial charge is 0.133 e. The molecule has 0 heterocycles. The Labute approximate surface area is 119 Å². The number of rotatable bonds is 6. The van der Waals surface area contributed by atoms with Gasteiger partial charge in [-0.25, -0.2) is 0 Å². The van der Waals surface area contributed by atoms with Gasteiger partial charge in [-0.3, -0.25) is 0 Å². The molecule has 0 radical (unpaired) electrons. The van der Waals surface area contributed by atoms with E-state index in [1.807, 2.05) is 30.3 Å². The third-order valence-corrected chi connectivity index (χ3v) is 4.18. The lowest BCUT2D eigenvalue weighted by Gasteiger charge is -2.10. The summed E-state index contributed by atoms with van der Waals surface area (Å²) in [4.78, 5) is 12.3. The molecule has 2 rings (SSSR count). The molecule has 0 amide bonds. The van der Waals surface area contributed by atoms with E-state index in [4.69, 9.17) is 0 Å². The molecule has 0 aliphatic heterocycles. The van der Waals surface area contributed by atoms with Crippen molar-refractivity contribution in [2.24, 2.45) is 0 Å². The summed E-state index contributed by atoms with van der Waals surface area (Å²) in [6, 6.07) is 18.6. The van der Waals surface area contributed by atoms with Crippen LogP contribution in [0.15, 0.2) is 59.5 Å². The van der Waals surface area contributed by atoms with E-state index in [9.17, 15) is 4.79 Å². The molecule has 0 aliphatic rings. The van der Waals surface area contributed by atoms with E-state index in [0.717, 1.165) is 24.0 Å². The molecule has 0 aliphatic carbocycles. The number of hydrogen-bond donors (Lipinski definition) is 0. The number of thioether (sulfide) groups is 1. The largest absolute Gasteiger partial charge is 0.302 e. The summed E-state index contributed by atoms with van der Waals surface area (Å²) in [6.45, 7) is 2.10. The van der Waals surface area contributed by atoms with Gasteiger partial charge < -0.3 is 4.79 Å². The summed E-state index contributed by atoms with van der Waals surface area (Å²) < 4.78 is 0. The van der Waals surface area contributed by atoms with E-state index in [1.54, 1.807) is 11.8 Å². The van der Waals surface area contributed by atoms with Crippen LogP contribution >= 0.6 is 11.8 Å². The van der Waals surface area contributed by atoms with Crippen molar-refractivity contribution in [3.8, 4) is 0 Å². The number of aryl methyl sites for hydroxylation is 2. The van der Waals surface area contributed by atoms with Gasteiger partial charge in [0.2, 0.25) is 0 Å². The number of hydrogen-bond acceptors (Lipinski definition) is 2. The number of aldehydes is 1. The molecule has 0 N–H and O–H groups in total. The standard InChI is InChI=1S/C17H18OS/c1-14-6-5-7-15(12-14)10-11-17(13-18)19-16-8-3-2-4-9-16/h2-9,12-13,17H,10-11H2,1H3. The highest BCUT2D eigenvalue weighted by Gasteiger charge is 2.09. The maximum atomic E-state index is 11.2. The van der Waals surface area contributed by atoms with Crippen molar-refractivity contribution < 1.29 is 4.79 Å². The van der Waals surface area contributed by atoms with Gasteiger partial charge in [-0.2, -0.15) is 0 Å². The Morgan fingerprint density at radius 2 is 1.89 bits per heavy atom. The van der Waals surface area contributed by atoms with Crippen molar-refractivity contribution in [2.45, 2.75) is 29.9 Å². The second-order valence-corrected chi connectivity index (χ2v) is 5.95. The monoisotopic (exact) mass is 270 g/mol. The van der Waals surface area contributed by atoms with Gasteiger partial charge in [0.1, 0.15) is 6.29 Å². The summed E-state index contributed by atoms with van der Waals surface area (Å²) in [5.41, 5.74) is 2.58. The quantitative estimate of drug-likeness (QED) is 0.575. The molecular weight excluding hydrogens is 252 g/mol. The van der Waals surface area contributed by atoms with Crippen LogP contribution in [0.3, 0.4) is 0 Å². The first kappa shape index (κ1) is 13.9. The van der Waals surface area contributed by atoms with Crippen LogP contribution in [-0.4, -0.2) is 11.5 Å². The molecule has 1 atom stereocenters. The highest BCUT2D eigenvalue weighted by atomic mass is 32.2. The molecule has 0 saturated carbocycles. The Bertz CT molecular complexity index is 522. The fraction of sp³-hybridized carbons (Fsp3) is 0.235. The Kier molecular flexibility index (Phi) is 5.22. The molecule has 0 aromatic heterocycles. The average molecular weight is 270 g/mol. The maximum Gasteiger partial charge on any atom is 0.133 e. The first-order valence-electron chi connectivity index (χ1n) is 6.50. The van der Waals surface area contributed by atoms with Crippen molar-refractivity contribution in [1.29, 1.82) is 0 Å². The fourth-order valence-corrected chi connectivity index (χ4v) is 2.96. The average Bonchev–Trinajstić information content (AvgIpc) is 2.44. The SMILES string of the molecule is Cc1cccc(CCC(C=O)Sc2ccccc2)c1. The zero-order chi connectivity index (χ0) is 13.5. The van der Waals surface area contributed by atoms with Gasteiger partial charge in [0.05, 0.1) is 5.25 Å². The van der Waals surface area contributed by atoms with E-state index in [2.05, 4.69) is 31.2 Å². The second-order valence-electron chi connectivity index (χ2n) is 4.63. The van der Waals surface area contributed by atoms with Gasteiger partial charge >= 0.3 is 0 Å². The number of benzene rings is 2. The second kappa shape index (κ2) is 7.15. The number of carbonyl (C=O) groups excluding carboxylic acids is 1. The molecule has 1 unspecified atom stereocenters. The van der Waals surface area contributed by atoms with Gasteiger partial charge in [0.25, 0.3) is 0 Å². The third-order valence-electron chi connectivity index (χ3n) is 2.98. The van der Waals surface area contributed by atoms with E-state index in [-0.39, 0.29) is 5.25 Å². The van der Waals surface area contributed by atoms with Crippen molar-refractivity contribution in [1.82, 2.24) is 0 Å². The first-order valence-corrected chi connectivity index (χ1v) is 7.38. The molecule has 98 valence electrons. The lowest BCUT2D eigenvalue weighted by Crippen LogP contribution is -2.05. The predicted molar refractivity (Wildman–Crippen MR) is 81.7 cm³/mol. The van der Waals surface area contributed by atoms with Crippen LogP contribution in [0.5, 0.6) is 0 Å². The summed E-state index contributed by atoms with van der Waals surface area (Å²) in [5, 5.41) is 0.0305. The zero-order valence-corrected chi connectivity index (χ0v) is 11.9. The maximum absolute atomic E-state index is 11.2. The summed E-state index contributed by atoms with van der Waals surface area (Å²) >= 11 is 1.64. The Balaban J connectivity index is 1.91. The normalized spacial score (nSPS) is 12.1. The topological polar surface area (TPSA) is 17.1 Å². The molecule has 1 nitrogen and oxygen atoms in total. The molecule has 0 saturated heterocycles. The van der Waals surface area contributed by atoms with Crippen LogP contribution in [0, 0.1) is 6.92 Å². The predicted octanol–water partition coefficient (Wildman–Crippen LogP) is 4.29. The van der Waals surface area contributed by atoms with Gasteiger partial charge in [0.15, 0.2) is 0 Å². The van der Waals surface area contributed by atoms with Crippen LogP contribution < -0.4 is 0 Å². The lowest BCUT2D eigenvalue weighted by molar-refractivity contribution is -0.107. The number of carbonyl (C=O) groups is 1. The Morgan fingerprint density at radius 1 is 1.11 bits per heavy atom. The minimum absolute atomic E-state index is 0.0305. The van der Waals surface area contributed by atoms with Crippen molar-refractivity contribution in [3.63, 3.8) is 0 Å². The third kappa shape index (κ3) is 4.56. The molecule has 0 fully saturated rings. The van der Waals surface area contributed by atoms with Crippen LogP contribution in [0.25, 0.3) is 0 Å². The highest BCUT2D eigenvalue weighted by molar-refractivity contribution is 8.00. The lowest BCUT2D eigenvalue weighted by atomic mass is 10.1. The van der Waals surface area contributed by atoms with E-state index < -0.39 is 0 Å². The van der Waals surface area contributed by atoms with Gasteiger partial charge in [-0.15, -0.1) is 11.8 Å². The molecule has 2 heteroatoms. The Morgan fingerprint density at radius 3 is 2.58 bits per heavy atom. The minimum Gasteiger partial charge on any atom is -0.302 e. The van der Waals surface area contributed by atoms with Crippen molar-refractivity contribution in [2.75, 3.05) is 0 Å². The molecule has 0 bridgehead atoms. The van der Waals surface area contributed by atoms with E-state index >= 15 is 0 Å². The summed E-state index contributed by atoms with van der Waals surface area (Å²) in [6.07, 6.45) is 2.89. The van der Waals surface area contributed by atoms with Crippen LogP contribution in [-0.2, 0) is 11.2 Å². The molecular formula is C17H18OS. The van der Waals surface area contributed by atoms with Crippen LogP contribution in [0.1, 0.15) is 17.5 Å². The molecule has 2 aromatic rings. The fourth-order valence-electron chi connectivity index (χ4n) is 2.01. The summed E-state index contributed by atoms with van der Waals surface area (Å²) in [7, 11) is 0. The summed E-state index contributed by atoms with van der Waals surface area (Å²) in [5.74, 6) is 0. The Hall–Kier alpha value is -1.54. The molecule has 19 heavy (non-hydrogen) atoms. The van der Waals surface area contributed by atoms with Gasteiger partial charge in [0, 0.05) is 4.90 Å². The van der Waals surface area contributed by atoms with E-state index in [0.29, 0.717) is 0 Å². The zero-order valence-electron chi connectivity index (χ0n) is 11.1. The molecule has 2 aromatic carbocycles. The van der Waals surface area contributed by atoms with Crippen molar-refractivity contribution >= 4 is 18.0 Å². The highest BCUT2D eigenvalue weighted by Crippen LogP contribution is 2.25.